The molecule has 2 aliphatic rings. The van der Waals surface area contributed by atoms with Crippen molar-refractivity contribution in [3.8, 4) is 27.9 Å². The van der Waals surface area contributed by atoms with Crippen LogP contribution in [0.5, 0.6) is 0 Å². The second-order valence-electron chi connectivity index (χ2n) is 15.4. The molecular formula is C52H42N2. The van der Waals surface area contributed by atoms with Gasteiger partial charge in [-0.3, -0.25) is 0 Å². The van der Waals surface area contributed by atoms with E-state index < -0.39 is 0 Å². The zero-order chi connectivity index (χ0) is 36.4. The number of benzene rings is 7. The number of hydrogen-bond donors (Lipinski definition) is 0. The molecule has 0 aliphatic heterocycles. The topological polar surface area (TPSA) is 8.17 Å². The molecule has 7 aromatic carbocycles. The van der Waals surface area contributed by atoms with Crippen molar-refractivity contribution in [2.24, 2.45) is 5.92 Å². The highest BCUT2D eigenvalue weighted by atomic mass is 15.1. The lowest BCUT2D eigenvalue weighted by Crippen LogP contribution is -2.16. The van der Waals surface area contributed by atoms with Crippen LogP contribution in [0.15, 0.2) is 188 Å². The van der Waals surface area contributed by atoms with Crippen LogP contribution in [-0.4, -0.2) is 4.57 Å². The average Bonchev–Trinajstić information content (AvgIpc) is 3.67. The Hall–Kier alpha value is -6.38. The van der Waals surface area contributed by atoms with E-state index in [9.17, 15) is 0 Å². The summed E-state index contributed by atoms with van der Waals surface area (Å²) in [5.74, 6) is 0.905. The van der Waals surface area contributed by atoms with Crippen LogP contribution in [0.2, 0.25) is 0 Å². The summed E-state index contributed by atoms with van der Waals surface area (Å²) in [6, 6.07) is 60.5. The normalized spacial score (nSPS) is 16.8. The summed E-state index contributed by atoms with van der Waals surface area (Å²) in [6.45, 7) is 6.99. The van der Waals surface area contributed by atoms with Gasteiger partial charge in [-0.15, -0.1) is 0 Å². The highest BCUT2D eigenvalue weighted by molar-refractivity contribution is 6.10. The summed E-state index contributed by atoms with van der Waals surface area (Å²) in [6.07, 6.45) is 8.94. The van der Waals surface area contributed by atoms with E-state index >= 15 is 0 Å². The van der Waals surface area contributed by atoms with Gasteiger partial charge in [0.05, 0.1) is 11.0 Å². The molecular weight excluding hydrogens is 653 g/mol. The first-order chi connectivity index (χ1) is 26.5. The minimum atomic E-state index is -0.0670. The van der Waals surface area contributed by atoms with Crippen LogP contribution in [0, 0.1) is 5.92 Å². The molecule has 0 fully saturated rings. The quantitative estimate of drug-likeness (QED) is 0.168. The van der Waals surface area contributed by atoms with Crippen molar-refractivity contribution >= 4 is 38.9 Å². The van der Waals surface area contributed by atoms with Crippen molar-refractivity contribution in [2.75, 3.05) is 4.90 Å². The maximum atomic E-state index is 2.41. The number of rotatable bonds is 6. The smallest absolute Gasteiger partial charge is 0.0541 e. The molecule has 2 atom stereocenters. The Morgan fingerprint density at radius 2 is 1.15 bits per heavy atom. The van der Waals surface area contributed by atoms with Crippen LogP contribution in [0.3, 0.4) is 0 Å². The maximum absolute atomic E-state index is 2.41. The lowest BCUT2D eigenvalue weighted by Gasteiger charge is -2.28. The molecule has 0 radical (unpaired) electrons. The molecule has 0 saturated heterocycles. The van der Waals surface area contributed by atoms with Crippen molar-refractivity contribution in [2.45, 2.75) is 32.1 Å². The van der Waals surface area contributed by atoms with Gasteiger partial charge in [-0.2, -0.15) is 0 Å². The Kier molecular flexibility index (Phi) is 7.56. The Morgan fingerprint density at radius 1 is 0.500 bits per heavy atom. The van der Waals surface area contributed by atoms with E-state index in [-0.39, 0.29) is 5.41 Å². The Bertz CT molecular complexity index is 2740. The maximum Gasteiger partial charge on any atom is 0.0541 e. The van der Waals surface area contributed by atoms with Gasteiger partial charge >= 0.3 is 0 Å². The summed E-state index contributed by atoms with van der Waals surface area (Å²) in [5, 5.41) is 2.53. The monoisotopic (exact) mass is 694 g/mol. The zero-order valence-corrected chi connectivity index (χ0v) is 30.9. The Morgan fingerprint density at radius 3 is 1.96 bits per heavy atom. The molecule has 2 aliphatic carbocycles. The number of allylic oxidation sites excluding steroid dienone is 4. The number of hydrogen-bond acceptors (Lipinski definition) is 1. The molecule has 0 N–H and O–H groups in total. The fraction of sp³-hybridized carbons (Fsp3) is 0.115. The number of nitrogens with zero attached hydrogens (tertiary/aromatic N) is 2. The molecule has 0 spiro atoms. The second-order valence-corrected chi connectivity index (χ2v) is 15.4. The van der Waals surface area contributed by atoms with Crippen molar-refractivity contribution in [1.29, 1.82) is 0 Å². The van der Waals surface area contributed by atoms with Gasteiger partial charge in [-0.05, 0) is 112 Å². The molecule has 2 heteroatoms. The van der Waals surface area contributed by atoms with Crippen LogP contribution < -0.4 is 4.90 Å². The minimum Gasteiger partial charge on any atom is -0.310 e. The number of para-hydroxylation sites is 2. The highest BCUT2D eigenvalue weighted by Gasteiger charge is 2.35. The van der Waals surface area contributed by atoms with Gasteiger partial charge in [0.15, 0.2) is 0 Å². The van der Waals surface area contributed by atoms with Gasteiger partial charge in [-0.25, -0.2) is 0 Å². The summed E-state index contributed by atoms with van der Waals surface area (Å²) in [4.78, 5) is 2.38. The molecule has 0 saturated carbocycles. The van der Waals surface area contributed by atoms with Crippen LogP contribution in [0.1, 0.15) is 43.4 Å². The summed E-state index contributed by atoms with van der Waals surface area (Å²) < 4.78 is 2.41. The van der Waals surface area contributed by atoms with E-state index in [1.54, 1.807) is 0 Å². The number of fused-ring (bicyclic) bond motifs is 6. The van der Waals surface area contributed by atoms with Crippen molar-refractivity contribution in [1.82, 2.24) is 4.57 Å². The van der Waals surface area contributed by atoms with Gasteiger partial charge < -0.3 is 9.47 Å². The van der Waals surface area contributed by atoms with Crippen LogP contribution in [0.25, 0.3) is 49.7 Å². The molecule has 260 valence electrons. The second kappa shape index (κ2) is 12.6. The van der Waals surface area contributed by atoms with Gasteiger partial charge in [0.1, 0.15) is 0 Å². The third-order valence-corrected chi connectivity index (χ3v) is 11.9. The summed E-state index contributed by atoms with van der Waals surface area (Å²) in [7, 11) is 0. The largest absolute Gasteiger partial charge is 0.310 e. The molecule has 1 aromatic heterocycles. The van der Waals surface area contributed by atoms with Gasteiger partial charge in [-0.1, -0.05) is 142 Å². The molecule has 2 unspecified atom stereocenters. The number of aromatic nitrogens is 1. The minimum absolute atomic E-state index is 0.0670. The van der Waals surface area contributed by atoms with E-state index in [0.717, 1.165) is 17.1 Å². The van der Waals surface area contributed by atoms with E-state index in [1.165, 1.54) is 66.4 Å². The van der Waals surface area contributed by atoms with Crippen LogP contribution in [0.4, 0.5) is 17.1 Å². The van der Waals surface area contributed by atoms with Gasteiger partial charge in [0, 0.05) is 44.9 Å². The van der Waals surface area contributed by atoms with Crippen LogP contribution in [-0.2, 0) is 5.41 Å². The molecule has 0 amide bonds. The first kappa shape index (κ1) is 32.3. The fourth-order valence-electron chi connectivity index (χ4n) is 9.07. The lowest BCUT2D eigenvalue weighted by molar-refractivity contribution is 0.635. The number of anilines is 3. The van der Waals surface area contributed by atoms with Crippen molar-refractivity contribution in [3.05, 3.63) is 205 Å². The predicted molar refractivity (Wildman–Crippen MR) is 229 cm³/mol. The first-order valence-electron chi connectivity index (χ1n) is 19.1. The van der Waals surface area contributed by atoms with E-state index in [4.69, 9.17) is 0 Å². The SMILES string of the molecule is CC1C=CC=CC1c1ccc(-n2c3ccccc3c3cc(-c4ccc(N(c5ccccc5)c5ccc6c(c5)C(C)(C)c5ccccc5-6)cc4)ccc32)cc1. The molecule has 1 heterocycles. The molecule has 2 nitrogen and oxygen atoms in total. The average molecular weight is 695 g/mol. The van der Waals surface area contributed by atoms with Crippen LogP contribution >= 0.6 is 0 Å². The highest BCUT2D eigenvalue weighted by Crippen LogP contribution is 2.50. The lowest BCUT2D eigenvalue weighted by atomic mass is 9.82. The Labute approximate surface area is 318 Å². The first-order valence-corrected chi connectivity index (χ1v) is 19.1. The van der Waals surface area contributed by atoms with E-state index in [2.05, 4.69) is 218 Å². The van der Waals surface area contributed by atoms with Crippen molar-refractivity contribution < 1.29 is 0 Å². The van der Waals surface area contributed by atoms with E-state index in [0.29, 0.717) is 11.8 Å². The molecule has 10 rings (SSSR count). The van der Waals surface area contributed by atoms with Crippen molar-refractivity contribution in [3.63, 3.8) is 0 Å². The summed E-state index contributed by atoms with van der Waals surface area (Å²) >= 11 is 0. The predicted octanol–water partition coefficient (Wildman–Crippen LogP) is 14.1. The third-order valence-electron chi connectivity index (χ3n) is 11.9. The van der Waals surface area contributed by atoms with Gasteiger partial charge in [0.2, 0.25) is 0 Å². The molecule has 54 heavy (non-hydrogen) atoms. The molecule has 8 aromatic rings. The third kappa shape index (κ3) is 5.16. The zero-order valence-electron chi connectivity index (χ0n) is 30.9. The van der Waals surface area contributed by atoms with Gasteiger partial charge in [0.25, 0.3) is 0 Å². The Balaban J connectivity index is 1.02. The molecule has 0 bridgehead atoms. The fourth-order valence-corrected chi connectivity index (χ4v) is 9.07. The summed E-state index contributed by atoms with van der Waals surface area (Å²) in [5.41, 5.74) is 16.2. The standard InChI is InChI=1S/C52H42N2/c1-35-13-7-8-16-43(35)37-23-28-41(29-24-37)54-50-20-12-10-18-46(50)47-33-38(25-32-51(47)54)36-21-26-40(27-22-36)53(39-14-5-4-6-15-39)42-30-31-45-44-17-9-11-19-48(44)52(2,3)49(45)34-42/h4-35,43H,1-3H3. The van der Waals surface area contributed by atoms with E-state index in [1.807, 2.05) is 0 Å².